The molecule has 0 aliphatic heterocycles. The van der Waals surface area contributed by atoms with Crippen LogP contribution >= 0.6 is 0 Å². The average molecular weight is 215 g/mol. The van der Waals surface area contributed by atoms with E-state index in [9.17, 15) is 4.79 Å². The first-order valence-electron chi connectivity index (χ1n) is 4.79. The minimum Gasteiger partial charge on any atom is -0.306 e. The van der Waals surface area contributed by atoms with Crippen LogP contribution in [0.4, 0.5) is 0 Å². The van der Waals surface area contributed by atoms with Crippen molar-refractivity contribution >= 4 is 11.0 Å². The first kappa shape index (κ1) is 8.90. The summed E-state index contributed by atoms with van der Waals surface area (Å²) in [6.07, 6.45) is 3.09. The Morgan fingerprint density at radius 3 is 3.00 bits per heavy atom. The molecule has 16 heavy (non-hydrogen) atoms. The van der Waals surface area contributed by atoms with Crippen molar-refractivity contribution in [1.82, 2.24) is 24.3 Å². The van der Waals surface area contributed by atoms with E-state index in [0.29, 0.717) is 0 Å². The van der Waals surface area contributed by atoms with Gasteiger partial charge in [-0.05, 0) is 18.2 Å². The van der Waals surface area contributed by atoms with Gasteiger partial charge in [-0.1, -0.05) is 0 Å². The molecule has 0 spiro atoms. The van der Waals surface area contributed by atoms with Crippen LogP contribution in [0.25, 0.3) is 16.7 Å². The molecule has 2 heterocycles. The molecule has 80 valence electrons. The Labute approximate surface area is 90.2 Å². The molecule has 0 aliphatic rings. The summed E-state index contributed by atoms with van der Waals surface area (Å²) in [6, 6.07) is 5.63. The molecule has 1 N–H and O–H groups in total. The number of fused-ring (bicyclic) bond motifs is 1. The van der Waals surface area contributed by atoms with Crippen molar-refractivity contribution in [3.8, 4) is 5.69 Å². The summed E-state index contributed by atoms with van der Waals surface area (Å²) in [7, 11) is 1.73. The highest BCUT2D eigenvalue weighted by molar-refractivity contribution is 5.77. The highest BCUT2D eigenvalue weighted by Gasteiger charge is 2.04. The lowest BCUT2D eigenvalue weighted by Crippen LogP contribution is -2.11. The van der Waals surface area contributed by atoms with Crippen LogP contribution in [0.15, 0.2) is 35.6 Å². The molecule has 0 radical (unpaired) electrons. The van der Waals surface area contributed by atoms with E-state index < -0.39 is 0 Å². The highest BCUT2D eigenvalue weighted by atomic mass is 16.1. The van der Waals surface area contributed by atoms with Gasteiger partial charge in [-0.25, -0.2) is 14.5 Å². The van der Waals surface area contributed by atoms with E-state index >= 15 is 0 Å². The number of hydrogen-bond donors (Lipinski definition) is 1. The average Bonchev–Trinajstić information content (AvgIpc) is 2.89. The number of imidazole rings is 1. The molecule has 0 aliphatic carbocycles. The third-order valence-electron chi connectivity index (χ3n) is 2.57. The predicted molar refractivity (Wildman–Crippen MR) is 58.5 cm³/mol. The Morgan fingerprint density at radius 1 is 1.38 bits per heavy atom. The zero-order valence-electron chi connectivity index (χ0n) is 8.58. The normalized spacial score (nSPS) is 11.1. The molecule has 0 saturated heterocycles. The summed E-state index contributed by atoms with van der Waals surface area (Å²) in [4.78, 5) is 18.1. The summed E-state index contributed by atoms with van der Waals surface area (Å²) in [5.74, 6) is 0. The van der Waals surface area contributed by atoms with Gasteiger partial charge >= 0.3 is 5.69 Å². The molecule has 0 unspecified atom stereocenters. The molecule has 0 bridgehead atoms. The van der Waals surface area contributed by atoms with Crippen molar-refractivity contribution in [1.29, 1.82) is 0 Å². The second-order valence-corrected chi connectivity index (χ2v) is 3.53. The zero-order valence-corrected chi connectivity index (χ0v) is 8.58. The molecular formula is C10H9N5O. The van der Waals surface area contributed by atoms with E-state index in [-0.39, 0.29) is 5.69 Å². The van der Waals surface area contributed by atoms with E-state index in [1.807, 2.05) is 18.2 Å². The summed E-state index contributed by atoms with van der Waals surface area (Å²) >= 11 is 0. The second-order valence-electron chi connectivity index (χ2n) is 3.53. The van der Waals surface area contributed by atoms with E-state index in [4.69, 9.17) is 0 Å². The quantitative estimate of drug-likeness (QED) is 0.640. The van der Waals surface area contributed by atoms with Gasteiger partial charge in [0.1, 0.15) is 12.7 Å². The number of H-pyrrole nitrogens is 1. The maximum atomic E-state index is 11.4. The van der Waals surface area contributed by atoms with Crippen molar-refractivity contribution < 1.29 is 0 Å². The fourth-order valence-corrected chi connectivity index (χ4v) is 1.70. The highest BCUT2D eigenvalue weighted by Crippen LogP contribution is 2.14. The molecule has 0 atom stereocenters. The molecule has 0 amide bonds. The van der Waals surface area contributed by atoms with Crippen LogP contribution < -0.4 is 5.69 Å². The number of nitrogens with one attached hydrogen (secondary N) is 1. The smallest absolute Gasteiger partial charge is 0.306 e. The number of aryl methyl sites for hydroxylation is 1. The predicted octanol–water partition coefficient (Wildman–Crippen LogP) is 0.447. The van der Waals surface area contributed by atoms with Gasteiger partial charge in [-0.2, -0.15) is 5.10 Å². The maximum Gasteiger partial charge on any atom is 0.326 e. The Hall–Kier alpha value is -2.37. The Bertz CT molecular complexity index is 692. The van der Waals surface area contributed by atoms with E-state index in [1.165, 1.54) is 6.33 Å². The summed E-state index contributed by atoms with van der Waals surface area (Å²) in [5, 5.41) is 4.04. The number of nitrogens with zero attached hydrogens (tertiary/aromatic N) is 4. The lowest BCUT2D eigenvalue weighted by atomic mass is 10.3. The minimum absolute atomic E-state index is 0.120. The molecule has 3 rings (SSSR count). The van der Waals surface area contributed by atoms with Crippen LogP contribution in [0, 0.1) is 0 Å². The third kappa shape index (κ3) is 1.16. The van der Waals surface area contributed by atoms with E-state index in [2.05, 4.69) is 15.1 Å². The molecule has 6 nitrogen and oxygen atoms in total. The third-order valence-corrected chi connectivity index (χ3v) is 2.57. The molecule has 0 saturated carbocycles. The number of aromatic nitrogens is 5. The Balaban J connectivity index is 2.30. The van der Waals surface area contributed by atoms with Crippen molar-refractivity contribution in [2.24, 2.45) is 7.05 Å². The zero-order chi connectivity index (χ0) is 11.1. The second kappa shape index (κ2) is 3.06. The van der Waals surface area contributed by atoms with Gasteiger partial charge < -0.3 is 4.98 Å². The lowest BCUT2D eigenvalue weighted by Gasteiger charge is -2.00. The number of hydrogen-bond acceptors (Lipinski definition) is 3. The largest absolute Gasteiger partial charge is 0.326 e. The number of rotatable bonds is 1. The van der Waals surface area contributed by atoms with Crippen LogP contribution in [-0.4, -0.2) is 24.3 Å². The molecule has 1 aromatic carbocycles. The standard InChI is InChI=1S/C10H9N5O/c1-14-9-4-7(15-6-11-5-12-15)2-3-8(9)13-10(14)16/h2-6H,1H3,(H,13,16). The maximum absolute atomic E-state index is 11.4. The molecule has 6 heteroatoms. The van der Waals surface area contributed by atoms with Crippen LogP contribution in [0.3, 0.4) is 0 Å². The van der Waals surface area contributed by atoms with Crippen LogP contribution in [0.5, 0.6) is 0 Å². The van der Waals surface area contributed by atoms with E-state index in [0.717, 1.165) is 16.7 Å². The number of aromatic amines is 1. The fraction of sp³-hybridized carbons (Fsp3) is 0.100. The van der Waals surface area contributed by atoms with Gasteiger partial charge in [0.15, 0.2) is 0 Å². The topological polar surface area (TPSA) is 68.5 Å². The summed E-state index contributed by atoms with van der Waals surface area (Å²) < 4.78 is 3.21. The summed E-state index contributed by atoms with van der Waals surface area (Å²) in [6.45, 7) is 0. The van der Waals surface area contributed by atoms with Gasteiger partial charge in [0.25, 0.3) is 0 Å². The van der Waals surface area contributed by atoms with Crippen molar-refractivity contribution in [2.75, 3.05) is 0 Å². The fourth-order valence-electron chi connectivity index (χ4n) is 1.70. The summed E-state index contributed by atoms with van der Waals surface area (Å²) in [5.41, 5.74) is 2.42. The van der Waals surface area contributed by atoms with Gasteiger partial charge in [0.05, 0.1) is 16.7 Å². The van der Waals surface area contributed by atoms with Crippen LogP contribution in [-0.2, 0) is 7.05 Å². The number of benzene rings is 1. The van der Waals surface area contributed by atoms with Crippen LogP contribution in [0.2, 0.25) is 0 Å². The van der Waals surface area contributed by atoms with Gasteiger partial charge in [-0.15, -0.1) is 0 Å². The monoisotopic (exact) mass is 215 g/mol. The van der Waals surface area contributed by atoms with Crippen molar-refractivity contribution in [3.63, 3.8) is 0 Å². The lowest BCUT2D eigenvalue weighted by molar-refractivity contribution is 0.872. The van der Waals surface area contributed by atoms with Crippen molar-refractivity contribution in [3.05, 3.63) is 41.3 Å². The molecular weight excluding hydrogens is 206 g/mol. The van der Waals surface area contributed by atoms with Crippen LogP contribution in [0.1, 0.15) is 0 Å². The molecule has 0 fully saturated rings. The Morgan fingerprint density at radius 2 is 2.25 bits per heavy atom. The SMILES string of the molecule is Cn1c(=O)[nH]c2ccc(-n3cncn3)cc21. The first-order chi connectivity index (χ1) is 7.75. The minimum atomic E-state index is -0.120. The first-order valence-corrected chi connectivity index (χ1v) is 4.79. The van der Waals surface area contributed by atoms with Gasteiger partial charge in [0, 0.05) is 7.05 Å². The molecule has 3 aromatic rings. The van der Waals surface area contributed by atoms with Gasteiger partial charge in [-0.3, -0.25) is 4.57 Å². The van der Waals surface area contributed by atoms with Crippen molar-refractivity contribution in [2.45, 2.75) is 0 Å². The van der Waals surface area contributed by atoms with E-state index in [1.54, 1.807) is 22.6 Å². The Kier molecular flexibility index (Phi) is 1.70. The van der Waals surface area contributed by atoms with Gasteiger partial charge in [0.2, 0.25) is 0 Å². The molecule has 2 aromatic heterocycles.